The molecule has 0 aliphatic rings. The molecule has 25 heavy (non-hydrogen) atoms. The van der Waals surface area contributed by atoms with Crippen molar-refractivity contribution in [3.05, 3.63) is 30.1 Å². The molecular formula is C16H24F4N4O. The van der Waals surface area contributed by atoms with E-state index in [4.69, 9.17) is 4.74 Å². The minimum absolute atomic E-state index is 0.174. The van der Waals surface area contributed by atoms with Gasteiger partial charge in [-0.1, -0.05) is 12.1 Å². The number of rotatable bonds is 8. The summed E-state index contributed by atoms with van der Waals surface area (Å²) in [4.78, 5) is 7.00. The van der Waals surface area contributed by atoms with Gasteiger partial charge in [-0.05, 0) is 19.2 Å². The Morgan fingerprint density at radius 2 is 1.88 bits per heavy atom. The summed E-state index contributed by atoms with van der Waals surface area (Å²) in [7, 11) is 4.75. The molecule has 1 N–H and O–H groups in total. The third kappa shape index (κ3) is 8.57. The van der Waals surface area contributed by atoms with Gasteiger partial charge in [0.2, 0.25) is 0 Å². The van der Waals surface area contributed by atoms with Crippen molar-refractivity contribution in [3.8, 4) is 5.75 Å². The van der Waals surface area contributed by atoms with Crippen LogP contribution < -0.4 is 10.1 Å². The largest absolute Gasteiger partial charge is 0.489 e. The van der Waals surface area contributed by atoms with Crippen molar-refractivity contribution in [1.29, 1.82) is 0 Å². The Balaban J connectivity index is 2.32. The third-order valence-corrected chi connectivity index (χ3v) is 3.32. The number of hydrogen-bond acceptors (Lipinski definition) is 3. The molecule has 0 spiro atoms. The quantitative estimate of drug-likeness (QED) is 0.436. The van der Waals surface area contributed by atoms with E-state index < -0.39 is 18.5 Å². The molecule has 9 heteroatoms. The van der Waals surface area contributed by atoms with Crippen molar-refractivity contribution in [1.82, 2.24) is 15.1 Å². The van der Waals surface area contributed by atoms with E-state index in [0.717, 1.165) is 0 Å². The Hall–Kier alpha value is -2.03. The molecular weight excluding hydrogens is 340 g/mol. The molecule has 0 aliphatic carbocycles. The molecule has 1 rings (SSSR count). The van der Waals surface area contributed by atoms with Crippen molar-refractivity contribution in [2.45, 2.75) is 6.18 Å². The van der Waals surface area contributed by atoms with Crippen molar-refractivity contribution in [3.63, 3.8) is 0 Å². The predicted molar refractivity (Wildman–Crippen MR) is 89.4 cm³/mol. The molecule has 142 valence electrons. The number of nitrogens with zero attached hydrogens (tertiary/aromatic N) is 3. The van der Waals surface area contributed by atoms with Crippen LogP contribution in [0.4, 0.5) is 17.6 Å². The molecule has 0 saturated carbocycles. The number of aliphatic imine (C=N–C) groups is 1. The van der Waals surface area contributed by atoms with Crippen LogP contribution in [-0.4, -0.2) is 75.9 Å². The highest BCUT2D eigenvalue weighted by Gasteiger charge is 2.28. The van der Waals surface area contributed by atoms with E-state index in [2.05, 4.69) is 10.3 Å². The molecule has 0 unspecified atom stereocenters. The van der Waals surface area contributed by atoms with Gasteiger partial charge in [-0.3, -0.25) is 9.89 Å². The summed E-state index contributed by atoms with van der Waals surface area (Å²) in [6.45, 7) is 0.258. The zero-order valence-corrected chi connectivity index (χ0v) is 14.6. The summed E-state index contributed by atoms with van der Waals surface area (Å²) in [5.74, 6) is 0.269. The number of nitrogens with one attached hydrogen (secondary N) is 1. The first-order valence-corrected chi connectivity index (χ1v) is 7.77. The maximum atomic E-state index is 13.4. The first-order valence-electron chi connectivity index (χ1n) is 7.77. The SMILES string of the molecule is CN=C(NCCN(C)CC(F)(F)F)N(C)CCOc1ccccc1F. The van der Waals surface area contributed by atoms with E-state index in [9.17, 15) is 17.6 Å². The number of hydrogen-bond donors (Lipinski definition) is 1. The second kappa shape index (κ2) is 10.1. The first kappa shape index (κ1) is 21.0. The molecule has 0 saturated heterocycles. The summed E-state index contributed by atoms with van der Waals surface area (Å²) >= 11 is 0. The van der Waals surface area contributed by atoms with E-state index in [-0.39, 0.29) is 18.9 Å². The van der Waals surface area contributed by atoms with Crippen LogP contribution in [0.15, 0.2) is 29.3 Å². The number of benzene rings is 1. The Labute approximate surface area is 145 Å². The van der Waals surface area contributed by atoms with Crippen molar-refractivity contribution in [2.24, 2.45) is 4.99 Å². The summed E-state index contributed by atoms with van der Waals surface area (Å²) in [5.41, 5.74) is 0. The van der Waals surface area contributed by atoms with Crippen LogP contribution in [0.25, 0.3) is 0 Å². The van der Waals surface area contributed by atoms with Gasteiger partial charge in [-0.15, -0.1) is 0 Å². The average Bonchev–Trinajstić information content (AvgIpc) is 2.51. The van der Waals surface area contributed by atoms with E-state index >= 15 is 0 Å². The fourth-order valence-electron chi connectivity index (χ4n) is 2.09. The van der Waals surface area contributed by atoms with Gasteiger partial charge in [0, 0.05) is 27.2 Å². The van der Waals surface area contributed by atoms with Crippen LogP contribution in [0.3, 0.4) is 0 Å². The fraction of sp³-hybridized carbons (Fsp3) is 0.562. The molecule has 0 aromatic heterocycles. The minimum atomic E-state index is -4.21. The highest BCUT2D eigenvalue weighted by molar-refractivity contribution is 5.79. The van der Waals surface area contributed by atoms with Gasteiger partial charge >= 0.3 is 6.18 Å². The lowest BCUT2D eigenvalue weighted by Crippen LogP contribution is -2.44. The van der Waals surface area contributed by atoms with E-state index in [1.807, 2.05) is 0 Å². The summed E-state index contributed by atoms with van der Waals surface area (Å²) in [6, 6.07) is 6.12. The highest BCUT2D eigenvalue weighted by atomic mass is 19.4. The maximum absolute atomic E-state index is 13.4. The van der Waals surface area contributed by atoms with Gasteiger partial charge in [-0.25, -0.2) is 4.39 Å². The lowest BCUT2D eigenvalue weighted by molar-refractivity contribution is -0.142. The number of para-hydroxylation sites is 1. The van der Waals surface area contributed by atoms with E-state index in [1.165, 1.54) is 18.0 Å². The van der Waals surface area contributed by atoms with Crippen molar-refractivity contribution in [2.75, 3.05) is 53.9 Å². The molecule has 0 bridgehead atoms. The highest BCUT2D eigenvalue weighted by Crippen LogP contribution is 2.15. The first-order chi connectivity index (χ1) is 11.7. The monoisotopic (exact) mass is 364 g/mol. The molecule has 1 aromatic carbocycles. The molecule has 5 nitrogen and oxygen atoms in total. The van der Waals surface area contributed by atoms with Crippen LogP contribution >= 0.6 is 0 Å². The van der Waals surface area contributed by atoms with Gasteiger partial charge in [-0.2, -0.15) is 13.2 Å². The lowest BCUT2D eigenvalue weighted by atomic mass is 10.3. The minimum Gasteiger partial charge on any atom is -0.489 e. The lowest BCUT2D eigenvalue weighted by Gasteiger charge is -2.24. The molecule has 0 aliphatic heterocycles. The zero-order chi connectivity index (χ0) is 18.9. The number of ether oxygens (including phenoxy) is 1. The standard InChI is InChI=1S/C16H24F4N4O/c1-21-15(22-8-9-23(2)12-16(18,19)20)24(3)10-11-25-14-7-5-4-6-13(14)17/h4-7H,8-12H2,1-3H3,(H,21,22). The van der Waals surface area contributed by atoms with Gasteiger partial charge in [0.25, 0.3) is 0 Å². The number of guanidine groups is 1. The summed E-state index contributed by atoms with van der Waals surface area (Å²) < 4.78 is 55.6. The van der Waals surface area contributed by atoms with Gasteiger partial charge in [0.15, 0.2) is 17.5 Å². The van der Waals surface area contributed by atoms with Crippen molar-refractivity contribution >= 4 is 5.96 Å². The van der Waals surface area contributed by atoms with Gasteiger partial charge in [0.05, 0.1) is 13.1 Å². The van der Waals surface area contributed by atoms with Gasteiger partial charge < -0.3 is 15.0 Å². The molecule has 0 amide bonds. The third-order valence-electron chi connectivity index (χ3n) is 3.32. The average molecular weight is 364 g/mol. The maximum Gasteiger partial charge on any atom is 0.401 e. The Kier molecular flexibility index (Phi) is 8.47. The predicted octanol–water partition coefficient (Wildman–Crippen LogP) is 2.21. The van der Waals surface area contributed by atoms with Crippen LogP contribution in [0.5, 0.6) is 5.75 Å². The summed E-state index contributed by atoms with van der Waals surface area (Å²) in [6.07, 6.45) is -4.21. The Morgan fingerprint density at radius 1 is 1.20 bits per heavy atom. The smallest absolute Gasteiger partial charge is 0.401 e. The number of halogens is 4. The topological polar surface area (TPSA) is 40.1 Å². The van der Waals surface area contributed by atoms with Crippen LogP contribution in [0, 0.1) is 5.82 Å². The van der Waals surface area contributed by atoms with Crippen LogP contribution in [0.1, 0.15) is 0 Å². The van der Waals surface area contributed by atoms with E-state index in [0.29, 0.717) is 19.0 Å². The zero-order valence-electron chi connectivity index (χ0n) is 14.6. The second-order valence-electron chi connectivity index (χ2n) is 5.53. The molecule has 0 radical (unpaired) electrons. The Morgan fingerprint density at radius 3 is 2.48 bits per heavy atom. The number of likely N-dealkylation sites (N-methyl/N-ethyl adjacent to an activating group) is 2. The number of alkyl halides is 3. The second-order valence-corrected chi connectivity index (χ2v) is 5.53. The molecule has 0 heterocycles. The molecule has 0 atom stereocenters. The summed E-state index contributed by atoms with van der Waals surface area (Å²) in [5, 5.41) is 2.98. The van der Waals surface area contributed by atoms with E-state index in [1.54, 1.807) is 37.2 Å². The van der Waals surface area contributed by atoms with Crippen molar-refractivity contribution < 1.29 is 22.3 Å². The fourth-order valence-corrected chi connectivity index (χ4v) is 2.09. The normalized spacial score (nSPS) is 12.4. The van der Waals surface area contributed by atoms with Gasteiger partial charge in [0.1, 0.15) is 6.61 Å². The van der Waals surface area contributed by atoms with Crippen LogP contribution in [0.2, 0.25) is 0 Å². The van der Waals surface area contributed by atoms with Crippen LogP contribution in [-0.2, 0) is 0 Å². The Bertz CT molecular complexity index is 551. The molecule has 0 fully saturated rings. The molecule has 1 aromatic rings.